The van der Waals surface area contributed by atoms with E-state index in [1.807, 2.05) is 4.90 Å². The van der Waals surface area contributed by atoms with Gasteiger partial charge in [0, 0.05) is 18.8 Å². The van der Waals surface area contributed by atoms with Gasteiger partial charge in [0.05, 0.1) is 5.92 Å². The van der Waals surface area contributed by atoms with Crippen LogP contribution in [0.2, 0.25) is 0 Å². The highest BCUT2D eigenvalue weighted by Crippen LogP contribution is 2.24. The van der Waals surface area contributed by atoms with E-state index in [0.29, 0.717) is 19.5 Å². The molecule has 4 heteroatoms. The van der Waals surface area contributed by atoms with Crippen molar-refractivity contribution in [3.8, 4) is 0 Å². The summed E-state index contributed by atoms with van der Waals surface area (Å²) >= 11 is 0. The van der Waals surface area contributed by atoms with Crippen LogP contribution in [0.15, 0.2) is 24.3 Å². The van der Waals surface area contributed by atoms with Gasteiger partial charge in [-0.3, -0.25) is 4.79 Å². The van der Waals surface area contributed by atoms with Crippen molar-refractivity contribution < 1.29 is 14.3 Å². The van der Waals surface area contributed by atoms with Crippen LogP contribution in [0.25, 0.3) is 0 Å². The Kier molecular flexibility index (Phi) is 2.58. The van der Waals surface area contributed by atoms with Gasteiger partial charge in [0.25, 0.3) is 0 Å². The maximum absolute atomic E-state index is 12.9. The molecule has 1 heterocycles. The minimum atomic E-state index is -0.770. The molecule has 0 spiro atoms. The monoisotopic (exact) mass is 209 g/mol. The average Bonchev–Trinajstić information content (AvgIpc) is 2.66. The lowest BCUT2D eigenvalue weighted by molar-refractivity contribution is -0.140. The molecule has 1 aliphatic rings. The first-order valence-electron chi connectivity index (χ1n) is 4.90. The number of carboxylic acids is 1. The first-order valence-corrected chi connectivity index (χ1v) is 4.90. The summed E-state index contributed by atoms with van der Waals surface area (Å²) in [6.45, 7) is 1.15. The molecule has 0 radical (unpaired) electrons. The molecule has 1 N–H and O–H groups in total. The first kappa shape index (κ1) is 9.96. The van der Waals surface area contributed by atoms with E-state index in [9.17, 15) is 9.18 Å². The van der Waals surface area contributed by atoms with Crippen LogP contribution in [0.1, 0.15) is 6.42 Å². The number of hydrogen-bond acceptors (Lipinski definition) is 2. The van der Waals surface area contributed by atoms with Crippen LogP contribution < -0.4 is 4.90 Å². The molecule has 0 bridgehead atoms. The van der Waals surface area contributed by atoms with Crippen molar-refractivity contribution in [2.24, 2.45) is 5.92 Å². The maximum atomic E-state index is 12.9. The van der Waals surface area contributed by atoms with Crippen LogP contribution in [0, 0.1) is 11.7 Å². The van der Waals surface area contributed by atoms with Gasteiger partial charge in [0.2, 0.25) is 0 Å². The van der Waals surface area contributed by atoms with Gasteiger partial charge in [-0.2, -0.15) is 0 Å². The van der Waals surface area contributed by atoms with Crippen molar-refractivity contribution in [3.63, 3.8) is 0 Å². The Labute approximate surface area is 87.1 Å². The van der Waals surface area contributed by atoms with E-state index in [4.69, 9.17) is 5.11 Å². The summed E-state index contributed by atoms with van der Waals surface area (Å²) in [5.74, 6) is -1.38. The number of nitrogens with zero attached hydrogens (tertiary/aromatic N) is 1. The molecule has 15 heavy (non-hydrogen) atoms. The van der Waals surface area contributed by atoms with Crippen molar-refractivity contribution in [2.75, 3.05) is 18.0 Å². The van der Waals surface area contributed by atoms with Gasteiger partial charge in [0.15, 0.2) is 0 Å². The highest BCUT2D eigenvalue weighted by molar-refractivity contribution is 5.72. The summed E-state index contributed by atoms with van der Waals surface area (Å²) in [5.41, 5.74) is 0.763. The average molecular weight is 209 g/mol. The molecule has 3 nitrogen and oxygen atoms in total. The quantitative estimate of drug-likeness (QED) is 0.806. The van der Waals surface area contributed by atoms with Crippen molar-refractivity contribution in [1.82, 2.24) is 0 Å². The zero-order valence-corrected chi connectivity index (χ0v) is 8.19. The third kappa shape index (κ3) is 2.09. The Morgan fingerprint density at radius 2 is 2.33 bits per heavy atom. The summed E-state index contributed by atoms with van der Waals surface area (Å²) in [6, 6.07) is 6.25. The van der Waals surface area contributed by atoms with Gasteiger partial charge in [-0.15, -0.1) is 0 Å². The largest absolute Gasteiger partial charge is 0.481 e. The molecular weight excluding hydrogens is 197 g/mol. The smallest absolute Gasteiger partial charge is 0.308 e. The van der Waals surface area contributed by atoms with Crippen molar-refractivity contribution >= 4 is 11.7 Å². The highest BCUT2D eigenvalue weighted by atomic mass is 19.1. The van der Waals surface area contributed by atoms with Crippen molar-refractivity contribution in [3.05, 3.63) is 30.1 Å². The molecule has 0 aliphatic carbocycles. The number of carboxylic acid groups (broad SMARTS) is 1. The van der Waals surface area contributed by atoms with Gasteiger partial charge in [-0.25, -0.2) is 4.39 Å². The van der Waals surface area contributed by atoms with Crippen LogP contribution in [0.5, 0.6) is 0 Å². The molecule has 1 aromatic carbocycles. The second kappa shape index (κ2) is 3.88. The van der Waals surface area contributed by atoms with Gasteiger partial charge in [0.1, 0.15) is 5.82 Å². The van der Waals surface area contributed by atoms with Crippen LogP contribution in [0.3, 0.4) is 0 Å². The van der Waals surface area contributed by atoms with Gasteiger partial charge < -0.3 is 10.0 Å². The van der Waals surface area contributed by atoms with Crippen LogP contribution in [0.4, 0.5) is 10.1 Å². The molecule has 1 aliphatic heterocycles. The zero-order valence-electron chi connectivity index (χ0n) is 8.19. The fourth-order valence-electron chi connectivity index (χ4n) is 1.87. The van der Waals surface area contributed by atoms with E-state index in [1.54, 1.807) is 12.1 Å². The molecule has 1 aromatic rings. The SMILES string of the molecule is O=C(O)[C@@H]1CCN(c2cccc(F)c2)C1. The van der Waals surface area contributed by atoms with Crippen molar-refractivity contribution in [2.45, 2.75) is 6.42 Å². The fraction of sp³-hybridized carbons (Fsp3) is 0.364. The van der Waals surface area contributed by atoms with Gasteiger partial charge >= 0.3 is 5.97 Å². The lowest BCUT2D eigenvalue weighted by Crippen LogP contribution is -2.22. The zero-order chi connectivity index (χ0) is 10.8. The Morgan fingerprint density at radius 3 is 2.93 bits per heavy atom. The molecule has 0 saturated carbocycles. The number of anilines is 1. The second-order valence-corrected chi connectivity index (χ2v) is 3.75. The molecule has 2 rings (SSSR count). The van der Waals surface area contributed by atoms with E-state index in [-0.39, 0.29) is 11.7 Å². The van der Waals surface area contributed by atoms with Gasteiger partial charge in [-0.05, 0) is 24.6 Å². The van der Waals surface area contributed by atoms with E-state index < -0.39 is 5.97 Å². The summed E-state index contributed by atoms with van der Waals surface area (Å²) in [5, 5.41) is 8.83. The molecule has 1 atom stereocenters. The van der Waals surface area contributed by atoms with E-state index in [1.165, 1.54) is 12.1 Å². The second-order valence-electron chi connectivity index (χ2n) is 3.75. The maximum Gasteiger partial charge on any atom is 0.308 e. The third-order valence-electron chi connectivity index (χ3n) is 2.71. The Morgan fingerprint density at radius 1 is 1.53 bits per heavy atom. The summed E-state index contributed by atoms with van der Waals surface area (Å²) in [7, 11) is 0. The molecule has 0 unspecified atom stereocenters. The van der Waals surface area contributed by atoms with E-state index in [2.05, 4.69) is 0 Å². The van der Waals surface area contributed by atoms with Crippen LogP contribution in [-0.4, -0.2) is 24.2 Å². The number of hydrogen-bond donors (Lipinski definition) is 1. The molecule has 1 fully saturated rings. The number of halogens is 1. The topological polar surface area (TPSA) is 40.5 Å². The predicted octanol–water partition coefficient (Wildman–Crippen LogP) is 1.74. The number of rotatable bonds is 2. The lowest BCUT2D eigenvalue weighted by atomic mass is 10.1. The minimum absolute atomic E-state index is 0.286. The predicted molar refractivity (Wildman–Crippen MR) is 54.4 cm³/mol. The Hall–Kier alpha value is -1.58. The molecule has 0 aromatic heterocycles. The van der Waals surface area contributed by atoms with Crippen LogP contribution >= 0.6 is 0 Å². The standard InChI is InChI=1S/C11H12FNO2/c12-9-2-1-3-10(6-9)13-5-4-8(7-13)11(14)15/h1-3,6,8H,4-5,7H2,(H,14,15)/t8-/m1/s1. The highest BCUT2D eigenvalue weighted by Gasteiger charge is 2.27. The van der Waals surface area contributed by atoms with Gasteiger partial charge in [-0.1, -0.05) is 6.07 Å². The third-order valence-corrected chi connectivity index (χ3v) is 2.71. The Balaban J connectivity index is 2.11. The van der Waals surface area contributed by atoms with E-state index in [0.717, 1.165) is 5.69 Å². The molecular formula is C11H12FNO2. The van der Waals surface area contributed by atoms with E-state index >= 15 is 0 Å². The summed E-state index contributed by atoms with van der Waals surface area (Å²) in [4.78, 5) is 12.6. The molecule has 1 saturated heterocycles. The number of carbonyl (C=O) groups is 1. The van der Waals surface area contributed by atoms with Crippen molar-refractivity contribution in [1.29, 1.82) is 0 Å². The summed E-state index contributed by atoms with van der Waals surface area (Å²) in [6.07, 6.45) is 0.631. The normalized spacial score (nSPS) is 20.6. The van der Waals surface area contributed by atoms with Crippen LogP contribution in [-0.2, 0) is 4.79 Å². The fourth-order valence-corrected chi connectivity index (χ4v) is 1.87. The summed E-state index contributed by atoms with van der Waals surface area (Å²) < 4.78 is 12.9. The molecule has 80 valence electrons. The lowest BCUT2D eigenvalue weighted by Gasteiger charge is -2.17. The number of benzene rings is 1. The Bertz CT molecular complexity index is 381. The molecule has 0 amide bonds. The minimum Gasteiger partial charge on any atom is -0.481 e. The first-order chi connectivity index (χ1) is 7.16. The number of aliphatic carboxylic acids is 1.